The van der Waals surface area contributed by atoms with E-state index in [1.807, 2.05) is 12.1 Å². The maximum Gasteiger partial charge on any atom is 0.270 e. The topological polar surface area (TPSA) is 64.6 Å². The van der Waals surface area contributed by atoms with Gasteiger partial charge in [0.2, 0.25) is 0 Å². The van der Waals surface area contributed by atoms with Crippen molar-refractivity contribution in [3.05, 3.63) is 30.1 Å². The molecule has 33 heavy (non-hydrogen) atoms. The van der Waals surface area contributed by atoms with Crippen molar-refractivity contribution >= 4 is 22.6 Å². The van der Waals surface area contributed by atoms with Crippen molar-refractivity contribution < 1.29 is 4.79 Å². The van der Waals surface area contributed by atoms with Crippen molar-refractivity contribution in [1.29, 1.82) is 0 Å². The van der Waals surface area contributed by atoms with Crippen LogP contribution >= 0.6 is 0 Å². The number of hydrogen-bond donors (Lipinski definition) is 1. The Kier molecular flexibility index (Phi) is 7.37. The Labute approximate surface area is 197 Å². The third kappa shape index (κ3) is 5.64. The second kappa shape index (κ2) is 10.8. The van der Waals surface area contributed by atoms with Crippen LogP contribution in [0.15, 0.2) is 24.4 Å². The Morgan fingerprint density at radius 2 is 1.52 bits per heavy atom. The maximum atomic E-state index is 13.1. The summed E-state index contributed by atoms with van der Waals surface area (Å²) in [5, 5.41) is 4.10. The van der Waals surface area contributed by atoms with Gasteiger partial charge in [0.15, 0.2) is 0 Å². The van der Waals surface area contributed by atoms with E-state index < -0.39 is 0 Å². The molecule has 0 unspecified atom stereocenters. The molecule has 1 N–H and O–H groups in total. The molecule has 3 aliphatic rings. The lowest BCUT2D eigenvalue weighted by molar-refractivity contribution is 0.0905. The normalized spacial score (nSPS) is 21.4. The van der Waals surface area contributed by atoms with Crippen molar-refractivity contribution in [3.8, 4) is 0 Å². The summed E-state index contributed by atoms with van der Waals surface area (Å²) in [4.78, 5) is 29.9. The van der Waals surface area contributed by atoms with Crippen LogP contribution < -0.4 is 10.2 Å². The fourth-order valence-corrected chi connectivity index (χ4v) is 5.54. The molecule has 3 fully saturated rings. The number of amides is 1. The maximum absolute atomic E-state index is 13.1. The van der Waals surface area contributed by atoms with E-state index in [0.717, 1.165) is 62.3 Å². The minimum Gasteiger partial charge on any atom is -0.357 e. The number of anilines is 1. The van der Waals surface area contributed by atoms with Gasteiger partial charge in [-0.15, -0.1) is 0 Å². The first kappa shape index (κ1) is 22.5. The minimum atomic E-state index is -0.0690. The lowest BCUT2D eigenvalue weighted by Crippen LogP contribution is -2.46. The van der Waals surface area contributed by atoms with Gasteiger partial charge in [-0.05, 0) is 69.8 Å². The molecule has 7 nitrogen and oxygen atoms in total. The first-order chi connectivity index (χ1) is 16.3. The highest BCUT2D eigenvalue weighted by molar-refractivity contribution is 6.04. The second-order valence-corrected chi connectivity index (χ2v) is 9.94. The summed E-state index contributed by atoms with van der Waals surface area (Å²) in [7, 11) is 0. The van der Waals surface area contributed by atoms with E-state index in [4.69, 9.17) is 4.98 Å². The molecule has 0 atom stereocenters. The highest BCUT2D eigenvalue weighted by Crippen LogP contribution is 2.23. The molecule has 2 aromatic rings. The van der Waals surface area contributed by atoms with Gasteiger partial charge in [-0.2, -0.15) is 0 Å². The van der Waals surface area contributed by atoms with Crippen molar-refractivity contribution in [2.24, 2.45) is 0 Å². The largest absolute Gasteiger partial charge is 0.357 e. The van der Waals surface area contributed by atoms with Crippen LogP contribution in [0.5, 0.6) is 0 Å². The standard InChI is InChI=1S/C26H38N6O/c33-26(28-21-10-17-31(18-11-21)20-19-30-13-5-6-14-30)25-22-7-8-24(29-23(22)9-12-27-25)32-15-3-1-2-4-16-32/h7-9,12,21H,1-6,10-11,13-20H2,(H,28,33). The van der Waals surface area contributed by atoms with E-state index >= 15 is 0 Å². The Balaban J connectivity index is 1.18. The van der Waals surface area contributed by atoms with Gasteiger partial charge in [0.1, 0.15) is 11.5 Å². The molecular weight excluding hydrogens is 412 g/mol. The number of piperidine rings is 1. The van der Waals surface area contributed by atoms with Gasteiger partial charge in [0.25, 0.3) is 5.91 Å². The van der Waals surface area contributed by atoms with Crippen LogP contribution in [0.3, 0.4) is 0 Å². The van der Waals surface area contributed by atoms with E-state index in [9.17, 15) is 4.79 Å². The number of hydrogen-bond acceptors (Lipinski definition) is 6. The average molecular weight is 451 g/mol. The molecule has 3 aliphatic heterocycles. The van der Waals surface area contributed by atoms with E-state index in [2.05, 4.69) is 31.1 Å². The number of nitrogens with zero attached hydrogens (tertiary/aromatic N) is 5. The van der Waals surface area contributed by atoms with Gasteiger partial charge in [0, 0.05) is 56.9 Å². The zero-order valence-electron chi connectivity index (χ0n) is 19.8. The Morgan fingerprint density at radius 1 is 0.848 bits per heavy atom. The zero-order chi connectivity index (χ0) is 22.5. The van der Waals surface area contributed by atoms with E-state index in [0.29, 0.717) is 5.69 Å². The molecule has 1 amide bonds. The van der Waals surface area contributed by atoms with Crippen molar-refractivity contribution in [3.63, 3.8) is 0 Å². The number of pyridine rings is 2. The molecule has 0 aliphatic carbocycles. The molecule has 0 aromatic carbocycles. The molecule has 5 heterocycles. The third-order valence-electron chi connectivity index (χ3n) is 7.60. The summed E-state index contributed by atoms with van der Waals surface area (Å²) in [6, 6.07) is 6.24. The second-order valence-electron chi connectivity index (χ2n) is 9.94. The van der Waals surface area contributed by atoms with Crippen LogP contribution in [0, 0.1) is 0 Å². The summed E-state index contributed by atoms with van der Waals surface area (Å²) in [5.41, 5.74) is 1.35. The molecule has 0 radical (unpaired) electrons. The minimum absolute atomic E-state index is 0.0690. The van der Waals surface area contributed by atoms with Gasteiger partial charge < -0.3 is 20.0 Å². The van der Waals surface area contributed by atoms with Crippen LogP contribution in [-0.2, 0) is 0 Å². The number of nitrogens with one attached hydrogen (secondary N) is 1. The van der Waals surface area contributed by atoms with Crippen molar-refractivity contribution in [2.45, 2.75) is 57.4 Å². The van der Waals surface area contributed by atoms with Crippen LogP contribution in [0.4, 0.5) is 5.82 Å². The lowest BCUT2D eigenvalue weighted by atomic mass is 10.0. The number of fused-ring (bicyclic) bond motifs is 1. The summed E-state index contributed by atoms with van der Waals surface area (Å²) >= 11 is 0. The molecular formula is C26H38N6O. The van der Waals surface area contributed by atoms with Crippen molar-refractivity contribution in [2.75, 3.05) is 57.3 Å². The first-order valence-electron chi connectivity index (χ1n) is 13.0. The van der Waals surface area contributed by atoms with Crippen LogP contribution in [0.2, 0.25) is 0 Å². The molecule has 2 aromatic heterocycles. The SMILES string of the molecule is O=C(NC1CCN(CCN2CCCC2)CC1)c1nccc2nc(N3CCCCCC3)ccc12. The summed E-state index contributed by atoms with van der Waals surface area (Å²) in [6.45, 7) is 9.10. The van der Waals surface area contributed by atoms with Crippen LogP contribution in [-0.4, -0.2) is 84.1 Å². The predicted molar refractivity (Wildman–Crippen MR) is 133 cm³/mol. The van der Waals surface area contributed by atoms with Gasteiger partial charge >= 0.3 is 0 Å². The smallest absolute Gasteiger partial charge is 0.270 e. The lowest BCUT2D eigenvalue weighted by Gasteiger charge is -2.33. The van der Waals surface area contributed by atoms with Gasteiger partial charge in [-0.3, -0.25) is 9.78 Å². The average Bonchev–Trinajstić information content (AvgIpc) is 3.23. The number of carbonyl (C=O) groups excluding carboxylic acids is 1. The van der Waals surface area contributed by atoms with Gasteiger partial charge in [0.05, 0.1) is 5.52 Å². The fraction of sp³-hybridized carbons (Fsp3) is 0.654. The monoisotopic (exact) mass is 450 g/mol. The molecule has 0 spiro atoms. The number of aromatic nitrogens is 2. The predicted octanol–water partition coefficient (Wildman–Crippen LogP) is 3.30. The van der Waals surface area contributed by atoms with Crippen LogP contribution in [0.25, 0.3) is 10.9 Å². The van der Waals surface area contributed by atoms with E-state index in [1.165, 1.54) is 58.2 Å². The van der Waals surface area contributed by atoms with E-state index in [-0.39, 0.29) is 11.9 Å². The number of likely N-dealkylation sites (tertiary alicyclic amines) is 2. The summed E-state index contributed by atoms with van der Waals surface area (Å²) in [5.74, 6) is 0.948. The highest BCUT2D eigenvalue weighted by Gasteiger charge is 2.23. The highest BCUT2D eigenvalue weighted by atomic mass is 16.1. The Hall–Kier alpha value is -2.25. The third-order valence-corrected chi connectivity index (χ3v) is 7.60. The molecule has 7 heteroatoms. The summed E-state index contributed by atoms with van der Waals surface area (Å²) in [6.07, 6.45) is 11.5. The van der Waals surface area contributed by atoms with Gasteiger partial charge in [-0.1, -0.05) is 12.8 Å². The molecule has 178 valence electrons. The summed E-state index contributed by atoms with van der Waals surface area (Å²) < 4.78 is 0. The molecule has 5 rings (SSSR count). The fourth-order valence-electron chi connectivity index (χ4n) is 5.54. The number of rotatable bonds is 6. The zero-order valence-corrected chi connectivity index (χ0v) is 19.8. The Bertz CT molecular complexity index is 928. The quantitative estimate of drug-likeness (QED) is 0.729. The molecule has 3 saturated heterocycles. The van der Waals surface area contributed by atoms with E-state index in [1.54, 1.807) is 6.20 Å². The van der Waals surface area contributed by atoms with Gasteiger partial charge in [-0.25, -0.2) is 4.98 Å². The van der Waals surface area contributed by atoms with Crippen molar-refractivity contribution in [1.82, 2.24) is 25.1 Å². The number of carbonyl (C=O) groups is 1. The first-order valence-corrected chi connectivity index (χ1v) is 13.0. The molecule has 0 saturated carbocycles. The molecule has 0 bridgehead atoms. The van der Waals surface area contributed by atoms with Crippen LogP contribution in [0.1, 0.15) is 61.9 Å². The Morgan fingerprint density at radius 3 is 2.24 bits per heavy atom.